The van der Waals surface area contributed by atoms with Crippen LogP contribution in [0.1, 0.15) is 122 Å². The molecule has 3 heteroatoms. The Balaban J connectivity index is 1.16. The Morgan fingerprint density at radius 3 is 1.88 bits per heavy atom. The molecule has 2 nitrogen and oxygen atoms in total. The first kappa shape index (κ1) is 22.5. The molecular weight excluding hydrogens is 422 g/mol. The molecule has 0 aromatic rings. The lowest BCUT2D eigenvalue weighted by molar-refractivity contribution is -0.0946. The van der Waals surface area contributed by atoms with Gasteiger partial charge < -0.3 is 4.74 Å². The van der Waals surface area contributed by atoms with Gasteiger partial charge in [-0.15, -0.1) is 0 Å². The van der Waals surface area contributed by atoms with Crippen molar-refractivity contribution in [3.8, 4) is 0 Å². The molecule has 2 heterocycles. The van der Waals surface area contributed by atoms with Crippen molar-refractivity contribution in [2.45, 2.75) is 163 Å². The Labute approximate surface area is 207 Å². The van der Waals surface area contributed by atoms with Crippen LogP contribution in [0.4, 0.5) is 0 Å². The molecule has 33 heavy (non-hydrogen) atoms. The number of rotatable bonds is 3. The number of nitrogens with zero attached hydrogens (tertiary/aromatic N) is 1. The lowest BCUT2D eigenvalue weighted by atomic mass is 9.64. The molecule has 0 N–H and O–H groups in total. The molecule has 0 aromatic heterocycles. The molecule has 0 aromatic carbocycles. The van der Waals surface area contributed by atoms with Crippen LogP contribution < -0.4 is 0 Å². The number of thioether (sulfide) groups is 1. The predicted molar refractivity (Wildman–Crippen MR) is 139 cm³/mol. The summed E-state index contributed by atoms with van der Waals surface area (Å²) in [7, 11) is 0. The van der Waals surface area contributed by atoms with E-state index in [0.717, 1.165) is 52.3 Å². The summed E-state index contributed by atoms with van der Waals surface area (Å²) in [4.78, 5) is 3.18. The zero-order valence-corrected chi connectivity index (χ0v) is 21.9. The van der Waals surface area contributed by atoms with Gasteiger partial charge in [0.05, 0.1) is 12.2 Å². The molecule has 9 unspecified atom stereocenters. The van der Waals surface area contributed by atoms with Crippen LogP contribution >= 0.6 is 11.8 Å². The summed E-state index contributed by atoms with van der Waals surface area (Å²) in [5.74, 6) is 3.69. The lowest BCUT2D eigenvalue weighted by Gasteiger charge is -2.50. The molecular formula is C30H49NOS. The van der Waals surface area contributed by atoms with E-state index in [0.29, 0.717) is 12.2 Å². The highest BCUT2D eigenvalue weighted by Gasteiger charge is 2.60. The molecule has 7 fully saturated rings. The first-order chi connectivity index (χ1) is 16.4. The van der Waals surface area contributed by atoms with Gasteiger partial charge in [-0.3, -0.25) is 4.90 Å². The summed E-state index contributed by atoms with van der Waals surface area (Å²) in [6.45, 7) is 0. The molecule has 2 saturated heterocycles. The van der Waals surface area contributed by atoms with Crippen LogP contribution in [0.15, 0.2) is 0 Å². The van der Waals surface area contributed by atoms with Crippen molar-refractivity contribution in [2.75, 3.05) is 0 Å². The quantitative estimate of drug-likeness (QED) is 0.421. The molecule has 0 amide bonds. The van der Waals surface area contributed by atoms with Crippen LogP contribution in [0.2, 0.25) is 0 Å². The summed E-state index contributed by atoms with van der Waals surface area (Å²) in [5, 5.41) is 1.92. The number of hydrogen-bond donors (Lipinski definition) is 0. The van der Waals surface area contributed by atoms with Gasteiger partial charge in [0.25, 0.3) is 0 Å². The molecule has 5 aliphatic carbocycles. The van der Waals surface area contributed by atoms with E-state index in [1.165, 1.54) is 122 Å². The van der Waals surface area contributed by atoms with Crippen molar-refractivity contribution >= 4 is 11.8 Å². The van der Waals surface area contributed by atoms with Crippen LogP contribution in [-0.2, 0) is 4.74 Å². The van der Waals surface area contributed by atoms with Gasteiger partial charge in [0.1, 0.15) is 0 Å². The maximum absolute atomic E-state index is 7.45. The molecule has 0 bridgehead atoms. The molecule has 9 atom stereocenters. The van der Waals surface area contributed by atoms with Crippen LogP contribution in [0, 0.1) is 23.7 Å². The first-order valence-corrected chi connectivity index (χ1v) is 16.4. The summed E-state index contributed by atoms with van der Waals surface area (Å²) in [6.07, 6.45) is 29.4. The van der Waals surface area contributed by atoms with Crippen LogP contribution in [-0.4, -0.2) is 45.7 Å². The summed E-state index contributed by atoms with van der Waals surface area (Å²) < 4.78 is 7.45. The summed E-state index contributed by atoms with van der Waals surface area (Å²) >= 11 is 2.42. The molecule has 7 rings (SSSR count). The van der Waals surface area contributed by atoms with E-state index < -0.39 is 0 Å². The highest BCUT2D eigenvalue weighted by Crippen LogP contribution is 2.61. The van der Waals surface area contributed by atoms with Crippen molar-refractivity contribution in [1.82, 2.24) is 4.90 Å². The van der Waals surface area contributed by atoms with E-state index in [1.807, 2.05) is 0 Å². The molecule has 2 aliphatic heterocycles. The Kier molecular flexibility index (Phi) is 6.55. The van der Waals surface area contributed by atoms with Gasteiger partial charge in [-0.2, -0.15) is 11.8 Å². The van der Waals surface area contributed by atoms with Gasteiger partial charge in [-0.05, 0) is 82.0 Å². The maximum atomic E-state index is 7.45. The highest BCUT2D eigenvalue weighted by molar-refractivity contribution is 8.00. The smallest absolute Gasteiger partial charge is 0.0766 e. The third kappa shape index (κ3) is 3.97. The summed E-state index contributed by atoms with van der Waals surface area (Å²) in [6, 6.07) is 2.49. The number of fused-ring (bicyclic) bond motifs is 7. The van der Waals surface area contributed by atoms with Crippen molar-refractivity contribution in [3.05, 3.63) is 0 Å². The van der Waals surface area contributed by atoms with Crippen molar-refractivity contribution in [3.63, 3.8) is 0 Å². The fourth-order valence-electron chi connectivity index (χ4n) is 10.4. The van der Waals surface area contributed by atoms with Crippen molar-refractivity contribution < 1.29 is 4.74 Å². The Morgan fingerprint density at radius 1 is 0.485 bits per heavy atom. The zero-order valence-electron chi connectivity index (χ0n) is 21.0. The SMILES string of the molecule is C1CCC(N(C2CCCCC2)C2CCCC3C4CCC5SC6CCCCC6C5C4OC32)CC1. The standard InChI is InChI=1S/C30H49NOS/c1-3-10-20(11-4-1)31(21-12-5-2-6-13-21)25-16-9-15-22-23-18-19-27-28(30(23)32-29(22)25)24-14-7-8-17-26(24)33-27/h20-30H,1-19H2. The maximum Gasteiger partial charge on any atom is 0.0766 e. The van der Waals surface area contributed by atoms with Gasteiger partial charge in [0, 0.05) is 34.5 Å². The predicted octanol–water partition coefficient (Wildman–Crippen LogP) is 7.59. The first-order valence-electron chi connectivity index (χ1n) is 15.5. The van der Waals surface area contributed by atoms with Gasteiger partial charge in [-0.1, -0.05) is 57.8 Å². The van der Waals surface area contributed by atoms with Crippen molar-refractivity contribution in [2.24, 2.45) is 23.7 Å². The van der Waals surface area contributed by atoms with E-state index in [9.17, 15) is 0 Å². The fraction of sp³-hybridized carbons (Fsp3) is 1.00. The Hall–Kier alpha value is 0.270. The second-order valence-electron chi connectivity index (χ2n) is 13.2. The minimum Gasteiger partial charge on any atom is -0.372 e. The summed E-state index contributed by atoms with van der Waals surface area (Å²) in [5.41, 5.74) is 0. The number of hydrogen-bond acceptors (Lipinski definition) is 3. The van der Waals surface area contributed by atoms with E-state index in [2.05, 4.69) is 16.7 Å². The molecule has 7 aliphatic rings. The topological polar surface area (TPSA) is 12.5 Å². The van der Waals surface area contributed by atoms with E-state index >= 15 is 0 Å². The minimum atomic E-state index is 0.573. The van der Waals surface area contributed by atoms with Crippen LogP contribution in [0.3, 0.4) is 0 Å². The van der Waals surface area contributed by atoms with Gasteiger partial charge in [-0.25, -0.2) is 0 Å². The molecule has 186 valence electrons. The van der Waals surface area contributed by atoms with Crippen molar-refractivity contribution in [1.29, 1.82) is 0 Å². The third-order valence-electron chi connectivity index (χ3n) is 11.7. The van der Waals surface area contributed by atoms with Gasteiger partial charge in [0.15, 0.2) is 0 Å². The minimum absolute atomic E-state index is 0.573. The van der Waals surface area contributed by atoms with E-state index in [1.54, 1.807) is 0 Å². The molecule has 5 saturated carbocycles. The largest absolute Gasteiger partial charge is 0.372 e. The monoisotopic (exact) mass is 471 g/mol. The van der Waals surface area contributed by atoms with Crippen LogP contribution in [0.5, 0.6) is 0 Å². The second kappa shape index (κ2) is 9.62. The Morgan fingerprint density at radius 2 is 1.12 bits per heavy atom. The third-order valence-corrected chi connectivity index (χ3v) is 13.5. The normalized spacial score (nSPS) is 48.8. The number of ether oxygens (including phenoxy) is 1. The second-order valence-corrected chi connectivity index (χ2v) is 14.7. The van der Waals surface area contributed by atoms with Gasteiger partial charge >= 0.3 is 0 Å². The Bertz CT molecular complexity index is 654. The molecule has 0 spiro atoms. The average molecular weight is 472 g/mol. The van der Waals surface area contributed by atoms with Crippen LogP contribution in [0.25, 0.3) is 0 Å². The van der Waals surface area contributed by atoms with Gasteiger partial charge in [0.2, 0.25) is 0 Å². The highest BCUT2D eigenvalue weighted by atomic mass is 32.2. The fourth-order valence-corrected chi connectivity index (χ4v) is 12.5. The van der Waals surface area contributed by atoms with E-state index in [4.69, 9.17) is 4.74 Å². The zero-order chi connectivity index (χ0) is 21.8. The lowest BCUT2D eigenvalue weighted by Crippen LogP contribution is -2.57. The average Bonchev–Trinajstić information content (AvgIpc) is 3.44. The van der Waals surface area contributed by atoms with E-state index in [-0.39, 0.29) is 0 Å². The molecule has 0 radical (unpaired) electrons.